The van der Waals surface area contributed by atoms with E-state index in [1.54, 1.807) is 31.2 Å². The highest BCUT2D eigenvalue weighted by atomic mass is 16.3. The summed E-state index contributed by atoms with van der Waals surface area (Å²) in [6, 6.07) is 9.09. The van der Waals surface area contributed by atoms with Crippen LogP contribution in [0.4, 0.5) is 11.4 Å². The standard InChI is InChI=1S/C38H59N5O3/c1-8-14-17-29(11-4)25-42(26-30(12-5)18-15-9-2)36(44)32-20-22-33(23-21-32)40-41-35-28(7)34(24-39)37(45)43(38(35)46)27-31(13-6)19-16-10-3/h20-23,29-31,46H,8-19,25-27H2,1-7H3/b41-40+. The first-order chi connectivity index (χ1) is 22.2. The molecule has 0 bridgehead atoms. The lowest BCUT2D eigenvalue weighted by molar-refractivity contribution is 0.0685. The Morgan fingerprint density at radius 3 is 1.80 bits per heavy atom. The molecule has 8 nitrogen and oxygen atoms in total. The van der Waals surface area contributed by atoms with Gasteiger partial charge in [0, 0.05) is 30.8 Å². The van der Waals surface area contributed by atoms with Gasteiger partial charge in [-0.2, -0.15) is 10.4 Å². The maximum absolute atomic E-state index is 13.9. The van der Waals surface area contributed by atoms with Crippen molar-refractivity contribution in [3.63, 3.8) is 0 Å². The second kappa shape index (κ2) is 20.6. The van der Waals surface area contributed by atoms with Crippen molar-refractivity contribution in [2.75, 3.05) is 13.1 Å². The number of carbonyl (C=O) groups excluding carboxylic acids is 1. The average molecular weight is 634 g/mol. The molecule has 0 spiro atoms. The maximum atomic E-state index is 13.9. The normalized spacial score (nSPS) is 13.4. The minimum absolute atomic E-state index is 0.0354. The quantitative estimate of drug-likeness (QED) is 0.138. The zero-order chi connectivity index (χ0) is 34.1. The first kappa shape index (κ1) is 38.7. The number of nitrogens with zero attached hydrogens (tertiary/aromatic N) is 5. The van der Waals surface area contributed by atoms with Crippen LogP contribution in [0.15, 0.2) is 39.3 Å². The van der Waals surface area contributed by atoms with Crippen molar-refractivity contribution in [3.8, 4) is 11.9 Å². The van der Waals surface area contributed by atoms with Gasteiger partial charge in [-0.1, -0.05) is 99.3 Å². The molecule has 0 aliphatic rings. The van der Waals surface area contributed by atoms with Crippen LogP contribution in [0.3, 0.4) is 0 Å². The van der Waals surface area contributed by atoms with Crippen molar-refractivity contribution in [1.82, 2.24) is 9.47 Å². The van der Waals surface area contributed by atoms with Gasteiger partial charge in [-0.25, -0.2) is 0 Å². The highest BCUT2D eigenvalue weighted by Gasteiger charge is 2.23. The minimum Gasteiger partial charge on any atom is -0.493 e. The Hall–Kier alpha value is -3.47. The molecule has 0 aliphatic carbocycles. The molecule has 3 atom stereocenters. The molecule has 0 radical (unpaired) electrons. The van der Waals surface area contributed by atoms with Crippen LogP contribution in [-0.2, 0) is 6.54 Å². The third-order valence-electron chi connectivity index (χ3n) is 9.46. The van der Waals surface area contributed by atoms with E-state index in [1.165, 1.54) is 17.4 Å². The Bertz CT molecular complexity index is 1320. The lowest BCUT2D eigenvalue weighted by Crippen LogP contribution is -2.39. The summed E-state index contributed by atoms with van der Waals surface area (Å²) in [5.74, 6) is 0.937. The number of aromatic nitrogens is 1. The maximum Gasteiger partial charge on any atom is 0.271 e. The van der Waals surface area contributed by atoms with Crippen LogP contribution in [0.25, 0.3) is 0 Å². The zero-order valence-corrected chi connectivity index (χ0v) is 29.6. The molecule has 2 aromatic rings. The zero-order valence-electron chi connectivity index (χ0n) is 29.6. The number of aromatic hydroxyl groups is 1. The summed E-state index contributed by atoms with van der Waals surface area (Å²) >= 11 is 0. The summed E-state index contributed by atoms with van der Waals surface area (Å²) < 4.78 is 1.27. The molecule has 8 heteroatoms. The lowest BCUT2D eigenvalue weighted by Gasteiger charge is -2.31. The highest BCUT2D eigenvalue weighted by molar-refractivity contribution is 5.94. The molecule has 0 saturated carbocycles. The molecule has 1 amide bonds. The van der Waals surface area contributed by atoms with E-state index in [1.807, 2.05) is 6.07 Å². The van der Waals surface area contributed by atoms with Crippen molar-refractivity contribution in [3.05, 3.63) is 51.3 Å². The number of azo groups is 1. The molecular weight excluding hydrogens is 574 g/mol. The van der Waals surface area contributed by atoms with Gasteiger partial charge < -0.3 is 10.0 Å². The fourth-order valence-electron chi connectivity index (χ4n) is 6.06. The van der Waals surface area contributed by atoms with Crippen molar-refractivity contribution < 1.29 is 9.90 Å². The van der Waals surface area contributed by atoms with E-state index in [0.717, 1.165) is 77.3 Å². The highest BCUT2D eigenvalue weighted by Crippen LogP contribution is 2.33. The van der Waals surface area contributed by atoms with E-state index in [0.29, 0.717) is 35.2 Å². The predicted molar refractivity (Wildman–Crippen MR) is 188 cm³/mol. The number of carbonyl (C=O) groups is 1. The number of benzene rings is 1. The van der Waals surface area contributed by atoms with Crippen molar-refractivity contribution >= 4 is 17.3 Å². The van der Waals surface area contributed by atoms with E-state index in [4.69, 9.17) is 0 Å². The second-order valence-electron chi connectivity index (χ2n) is 12.9. The smallest absolute Gasteiger partial charge is 0.271 e. The fraction of sp³-hybridized carbons (Fsp3) is 0.658. The first-order valence-electron chi connectivity index (χ1n) is 17.9. The summed E-state index contributed by atoms with van der Waals surface area (Å²) in [5.41, 5.74) is 1.01. The van der Waals surface area contributed by atoms with Gasteiger partial charge in [0.2, 0.25) is 5.88 Å². The number of amides is 1. The van der Waals surface area contributed by atoms with Crippen LogP contribution in [-0.4, -0.2) is 33.6 Å². The van der Waals surface area contributed by atoms with Gasteiger partial charge in [0.25, 0.3) is 11.5 Å². The third kappa shape index (κ3) is 11.1. The van der Waals surface area contributed by atoms with Gasteiger partial charge in [0.05, 0.1) is 5.69 Å². The van der Waals surface area contributed by atoms with Crippen LogP contribution in [0, 0.1) is 36.0 Å². The molecule has 0 saturated heterocycles. The number of hydrogen-bond donors (Lipinski definition) is 1. The van der Waals surface area contributed by atoms with E-state index < -0.39 is 5.56 Å². The first-order valence-corrected chi connectivity index (χ1v) is 17.9. The number of rotatable bonds is 21. The van der Waals surface area contributed by atoms with Crippen LogP contribution < -0.4 is 5.56 Å². The van der Waals surface area contributed by atoms with E-state index in [2.05, 4.69) is 56.7 Å². The predicted octanol–water partition coefficient (Wildman–Crippen LogP) is 10.2. The van der Waals surface area contributed by atoms with Crippen molar-refractivity contribution in [2.45, 2.75) is 132 Å². The molecule has 254 valence electrons. The van der Waals surface area contributed by atoms with Crippen molar-refractivity contribution in [1.29, 1.82) is 5.26 Å². The van der Waals surface area contributed by atoms with E-state index >= 15 is 0 Å². The molecule has 0 fully saturated rings. The number of nitriles is 1. The molecule has 0 aliphatic heterocycles. The largest absolute Gasteiger partial charge is 0.493 e. The summed E-state index contributed by atoms with van der Waals surface area (Å²) in [6.45, 7) is 16.5. The van der Waals surface area contributed by atoms with Crippen LogP contribution in [0.5, 0.6) is 5.88 Å². The monoisotopic (exact) mass is 633 g/mol. The topological polar surface area (TPSA) is 111 Å². The molecule has 1 aromatic carbocycles. The molecule has 3 unspecified atom stereocenters. The summed E-state index contributed by atoms with van der Waals surface area (Å²) in [4.78, 5) is 29.0. The minimum atomic E-state index is -0.501. The Morgan fingerprint density at radius 1 is 0.848 bits per heavy atom. The summed E-state index contributed by atoms with van der Waals surface area (Å²) in [5, 5.41) is 29.6. The Labute approximate surface area is 277 Å². The molecule has 1 N–H and O–H groups in total. The summed E-state index contributed by atoms with van der Waals surface area (Å²) in [6.07, 6.45) is 12.9. The van der Waals surface area contributed by atoms with Crippen LogP contribution in [0.1, 0.15) is 140 Å². The second-order valence-corrected chi connectivity index (χ2v) is 12.9. The molecular formula is C38H59N5O3. The van der Waals surface area contributed by atoms with Gasteiger partial charge in [-0.3, -0.25) is 14.2 Å². The van der Waals surface area contributed by atoms with Crippen LogP contribution >= 0.6 is 0 Å². The van der Waals surface area contributed by atoms with Crippen LogP contribution in [0.2, 0.25) is 0 Å². The fourth-order valence-corrected chi connectivity index (χ4v) is 6.06. The Morgan fingerprint density at radius 2 is 1.35 bits per heavy atom. The SMILES string of the molecule is CCCCC(CC)CN(CC(CC)CCCC)C(=O)c1ccc(/N=N/c2c(C)c(C#N)c(=O)n(CC(CC)CCCC)c2O)cc1. The average Bonchev–Trinajstić information content (AvgIpc) is 3.07. The van der Waals surface area contributed by atoms with Gasteiger partial charge in [0.15, 0.2) is 5.69 Å². The number of pyridine rings is 1. The summed E-state index contributed by atoms with van der Waals surface area (Å²) in [7, 11) is 0. The van der Waals surface area contributed by atoms with Gasteiger partial charge >= 0.3 is 0 Å². The lowest BCUT2D eigenvalue weighted by atomic mass is 9.95. The van der Waals surface area contributed by atoms with E-state index in [9.17, 15) is 20.0 Å². The van der Waals surface area contributed by atoms with E-state index in [-0.39, 0.29) is 29.0 Å². The van der Waals surface area contributed by atoms with Crippen molar-refractivity contribution in [2.24, 2.45) is 28.0 Å². The number of unbranched alkanes of at least 4 members (excludes halogenated alkanes) is 3. The number of hydrogen-bond acceptors (Lipinski definition) is 6. The molecule has 2 rings (SSSR count). The molecule has 46 heavy (non-hydrogen) atoms. The third-order valence-corrected chi connectivity index (χ3v) is 9.46. The Balaban J connectivity index is 2.37. The molecule has 1 aromatic heterocycles. The van der Waals surface area contributed by atoms with Gasteiger partial charge in [0.1, 0.15) is 11.6 Å². The molecule has 1 heterocycles. The van der Waals surface area contributed by atoms with Gasteiger partial charge in [-0.15, -0.1) is 5.11 Å². The van der Waals surface area contributed by atoms with Gasteiger partial charge in [-0.05, 0) is 68.2 Å². The Kier molecular flexibility index (Phi) is 17.3.